The number of carbonyl (C=O) groups excluding carboxylic acids is 1. The van der Waals surface area contributed by atoms with Crippen molar-refractivity contribution in [2.75, 3.05) is 37.8 Å². The number of urea groups is 1. The molecule has 0 radical (unpaired) electrons. The molecule has 2 aromatic carbocycles. The molecule has 30 heavy (non-hydrogen) atoms. The summed E-state index contributed by atoms with van der Waals surface area (Å²) in [6.07, 6.45) is 2.03. The van der Waals surface area contributed by atoms with E-state index in [1.165, 1.54) is 0 Å². The quantitative estimate of drug-likeness (QED) is 0.672. The molecule has 0 bridgehead atoms. The maximum Gasteiger partial charge on any atom is 0.321 e. The molecule has 1 fully saturated rings. The lowest BCUT2D eigenvalue weighted by molar-refractivity contribution is 0.183. The van der Waals surface area contributed by atoms with Gasteiger partial charge in [-0.25, -0.2) is 17.9 Å². The van der Waals surface area contributed by atoms with E-state index in [9.17, 15) is 13.2 Å². The highest BCUT2D eigenvalue weighted by molar-refractivity contribution is 7.89. The summed E-state index contributed by atoms with van der Waals surface area (Å²) in [6, 6.07) is 16.7. The highest BCUT2D eigenvalue weighted by atomic mass is 32.2. The number of para-hydroxylation sites is 2. The number of methoxy groups -OCH3 is 1. The first-order valence-corrected chi connectivity index (χ1v) is 11.8. The lowest BCUT2D eigenvalue weighted by Crippen LogP contribution is -2.43. The topological polar surface area (TPSA) is 87.7 Å². The molecular formula is C22H29N3O4S. The van der Waals surface area contributed by atoms with E-state index >= 15 is 0 Å². The maximum atomic E-state index is 12.5. The second kappa shape index (κ2) is 10.4. The van der Waals surface area contributed by atoms with Crippen LogP contribution in [0.2, 0.25) is 0 Å². The van der Waals surface area contributed by atoms with Crippen molar-refractivity contribution >= 4 is 21.7 Å². The van der Waals surface area contributed by atoms with Gasteiger partial charge >= 0.3 is 6.03 Å². The zero-order chi connectivity index (χ0) is 21.4. The third-order valence-electron chi connectivity index (χ3n) is 5.34. The molecule has 2 aromatic rings. The number of amides is 2. The van der Waals surface area contributed by atoms with Crippen LogP contribution in [0.15, 0.2) is 54.6 Å². The number of anilines is 1. The van der Waals surface area contributed by atoms with Crippen molar-refractivity contribution in [2.45, 2.75) is 19.3 Å². The van der Waals surface area contributed by atoms with Crippen LogP contribution in [0.25, 0.3) is 0 Å². The Morgan fingerprint density at radius 3 is 2.43 bits per heavy atom. The number of hydrogen-bond donors (Lipinski definition) is 2. The Bertz CT molecular complexity index is 926. The highest BCUT2D eigenvalue weighted by Crippen LogP contribution is 2.24. The van der Waals surface area contributed by atoms with E-state index in [1.54, 1.807) is 24.1 Å². The van der Waals surface area contributed by atoms with Crippen molar-refractivity contribution in [3.63, 3.8) is 0 Å². The number of benzene rings is 2. The van der Waals surface area contributed by atoms with Gasteiger partial charge in [-0.15, -0.1) is 0 Å². The van der Waals surface area contributed by atoms with E-state index in [0.29, 0.717) is 37.5 Å². The van der Waals surface area contributed by atoms with Crippen molar-refractivity contribution in [3.05, 3.63) is 60.2 Å². The molecule has 0 atom stereocenters. The lowest BCUT2D eigenvalue weighted by Gasteiger charge is -2.32. The molecular weight excluding hydrogens is 402 g/mol. The first-order valence-electron chi connectivity index (χ1n) is 10.2. The molecule has 8 heteroatoms. The van der Waals surface area contributed by atoms with Crippen molar-refractivity contribution in [3.8, 4) is 5.75 Å². The number of ether oxygens (including phenoxy) is 1. The molecule has 2 N–H and O–H groups in total. The largest absolute Gasteiger partial charge is 0.495 e. The average Bonchev–Trinajstić information content (AvgIpc) is 2.78. The van der Waals surface area contributed by atoms with Gasteiger partial charge in [0.05, 0.1) is 18.6 Å². The van der Waals surface area contributed by atoms with Crippen LogP contribution in [0.5, 0.6) is 5.75 Å². The van der Waals surface area contributed by atoms with Gasteiger partial charge in [-0.1, -0.05) is 42.5 Å². The van der Waals surface area contributed by atoms with Crippen molar-refractivity contribution in [1.82, 2.24) is 9.62 Å². The summed E-state index contributed by atoms with van der Waals surface area (Å²) in [7, 11) is -1.75. The molecule has 0 unspecified atom stereocenters. The number of likely N-dealkylation sites (tertiary alicyclic amines) is 1. The van der Waals surface area contributed by atoms with Gasteiger partial charge in [-0.3, -0.25) is 0 Å². The second-order valence-corrected chi connectivity index (χ2v) is 9.39. The fourth-order valence-corrected chi connectivity index (χ4v) is 4.63. The van der Waals surface area contributed by atoms with Gasteiger partial charge < -0.3 is 15.0 Å². The van der Waals surface area contributed by atoms with Gasteiger partial charge in [-0.2, -0.15) is 0 Å². The van der Waals surface area contributed by atoms with Crippen LogP contribution in [-0.2, 0) is 16.4 Å². The van der Waals surface area contributed by atoms with Crippen LogP contribution in [-0.4, -0.2) is 51.8 Å². The Hall–Kier alpha value is -2.58. The number of nitrogens with zero attached hydrogens (tertiary/aromatic N) is 1. The van der Waals surface area contributed by atoms with Gasteiger partial charge in [0.15, 0.2) is 0 Å². The first-order chi connectivity index (χ1) is 14.5. The number of nitrogens with one attached hydrogen (secondary N) is 2. The Kier molecular flexibility index (Phi) is 7.70. The Balaban J connectivity index is 1.41. The van der Waals surface area contributed by atoms with Gasteiger partial charge in [0, 0.05) is 19.6 Å². The minimum absolute atomic E-state index is 0.0805. The fraction of sp³-hybridized carbons (Fsp3) is 0.409. The number of piperidine rings is 1. The summed E-state index contributed by atoms with van der Waals surface area (Å²) in [5, 5.41) is 2.89. The van der Waals surface area contributed by atoms with Crippen LogP contribution >= 0.6 is 0 Å². The van der Waals surface area contributed by atoms with E-state index in [0.717, 1.165) is 18.4 Å². The summed E-state index contributed by atoms with van der Waals surface area (Å²) >= 11 is 0. The molecule has 0 aromatic heterocycles. The predicted molar refractivity (Wildman–Crippen MR) is 118 cm³/mol. The van der Waals surface area contributed by atoms with Crippen LogP contribution < -0.4 is 14.8 Å². The van der Waals surface area contributed by atoms with Gasteiger partial charge in [-0.05, 0) is 42.9 Å². The number of hydrogen-bond acceptors (Lipinski definition) is 4. The molecule has 1 heterocycles. The summed E-state index contributed by atoms with van der Waals surface area (Å²) < 4.78 is 32.6. The van der Waals surface area contributed by atoms with E-state index in [1.807, 2.05) is 42.5 Å². The van der Waals surface area contributed by atoms with Gasteiger partial charge in [0.25, 0.3) is 0 Å². The molecule has 2 amide bonds. The van der Waals surface area contributed by atoms with Crippen molar-refractivity contribution in [2.24, 2.45) is 5.92 Å². The molecule has 1 aliphatic heterocycles. The van der Waals surface area contributed by atoms with E-state index in [-0.39, 0.29) is 17.7 Å². The number of aryl methyl sites for hydroxylation is 1. The predicted octanol–water partition coefficient (Wildman–Crippen LogP) is 3.10. The second-order valence-electron chi connectivity index (χ2n) is 7.46. The first kappa shape index (κ1) is 22.1. The van der Waals surface area contributed by atoms with Crippen molar-refractivity contribution in [1.29, 1.82) is 0 Å². The smallest absolute Gasteiger partial charge is 0.321 e. The molecule has 3 rings (SSSR count). The fourth-order valence-electron chi connectivity index (χ4n) is 3.50. The van der Waals surface area contributed by atoms with E-state index in [4.69, 9.17) is 4.74 Å². The summed E-state index contributed by atoms with van der Waals surface area (Å²) in [6.45, 7) is 1.61. The van der Waals surface area contributed by atoms with Crippen LogP contribution in [0.4, 0.5) is 10.5 Å². The third-order valence-corrected chi connectivity index (χ3v) is 6.69. The number of sulfonamides is 1. The number of rotatable bonds is 8. The Morgan fingerprint density at radius 1 is 1.07 bits per heavy atom. The number of carbonyl (C=O) groups is 1. The van der Waals surface area contributed by atoms with Crippen LogP contribution in [0.3, 0.4) is 0 Å². The summed E-state index contributed by atoms with van der Waals surface area (Å²) in [5.41, 5.74) is 1.65. The van der Waals surface area contributed by atoms with Crippen molar-refractivity contribution < 1.29 is 17.9 Å². The molecule has 1 aliphatic rings. The molecule has 7 nitrogen and oxygen atoms in total. The summed E-state index contributed by atoms with van der Waals surface area (Å²) in [4.78, 5) is 14.3. The standard InChI is InChI=1S/C22H29N3O4S/c1-29-21-10-6-5-9-20(21)24-22(26)25-14-11-19(12-15-25)17-23-30(27,28)16-13-18-7-3-2-4-8-18/h2-10,19,23H,11-17H2,1H3,(H,24,26). The molecule has 0 aliphatic carbocycles. The van der Waals surface area contributed by atoms with E-state index in [2.05, 4.69) is 10.0 Å². The SMILES string of the molecule is COc1ccccc1NC(=O)N1CCC(CNS(=O)(=O)CCc2ccccc2)CC1. The molecule has 0 saturated carbocycles. The third kappa shape index (κ3) is 6.47. The van der Waals surface area contributed by atoms with Crippen LogP contribution in [0.1, 0.15) is 18.4 Å². The van der Waals surface area contributed by atoms with Gasteiger partial charge in [0.2, 0.25) is 10.0 Å². The minimum atomic E-state index is -3.31. The van der Waals surface area contributed by atoms with E-state index < -0.39 is 10.0 Å². The monoisotopic (exact) mass is 431 g/mol. The Morgan fingerprint density at radius 2 is 1.73 bits per heavy atom. The normalized spacial score (nSPS) is 15.0. The molecule has 1 saturated heterocycles. The Labute approximate surface area is 178 Å². The maximum absolute atomic E-state index is 12.5. The van der Waals surface area contributed by atoms with Gasteiger partial charge in [0.1, 0.15) is 5.75 Å². The van der Waals surface area contributed by atoms with Crippen LogP contribution in [0, 0.1) is 5.92 Å². The minimum Gasteiger partial charge on any atom is -0.495 e. The molecule has 0 spiro atoms. The zero-order valence-corrected chi connectivity index (χ0v) is 18.0. The average molecular weight is 432 g/mol. The highest BCUT2D eigenvalue weighted by Gasteiger charge is 2.24. The zero-order valence-electron chi connectivity index (χ0n) is 17.2. The lowest BCUT2D eigenvalue weighted by atomic mass is 9.97. The summed E-state index contributed by atoms with van der Waals surface area (Å²) in [5.74, 6) is 0.925. The molecule has 162 valence electrons.